The highest BCUT2D eigenvalue weighted by Crippen LogP contribution is 2.29. The number of carbonyl (C=O) groups excluding carboxylic acids is 2. The number of benzene rings is 2. The third-order valence-corrected chi connectivity index (χ3v) is 7.47. The van der Waals surface area contributed by atoms with Gasteiger partial charge in [0.25, 0.3) is 5.91 Å². The number of ether oxygens (including phenoxy) is 3. The van der Waals surface area contributed by atoms with Crippen molar-refractivity contribution in [3.8, 4) is 17.2 Å². The van der Waals surface area contributed by atoms with Crippen molar-refractivity contribution >= 4 is 11.8 Å². The topological polar surface area (TPSA) is 98.2 Å². The highest BCUT2D eigenvalue weighted by molar-refractivity contribution is 5.97. The van der Waals surface area contributed by atoms with Crippen molar-refractivity contribution in [1.29, 1.82) is 0 Å². The molecule has 40 heavy (non-hydrogen) atoms. The summed E-state index contributed by atoms with van der Waals surface area (Å²) in [4.78, 5) is 30.3. The average Bonchev–Trinajstić information content (AvgIpc) is 3.24. The van der Waals surface area contributed by atoms with Crippen molar-refractivity contribution in [2.75, 3.05) is 33.3 Å². The van der Waals surface area contributed by atoms with Crippen molar-refractivity contribution < 1.29 is 23.8 Å². The van der Waals surface area contributed by atoms with Crippen LogP contribution >= 0.6 is 0 Å². The number of carbonyl (C=O) groups is 2. The number of rotatable bonds is 4. The first-order chi connectivity index (χ1) is 19.3. The number of piperidine rings is 1. The molecule has 2 amide bonds. The molecule has 10 nitrogen and oxygen atoms in total. The largest absolute Gasteiger partial charge is 0.494 e. The van der Waals surface area contributed by atoms with Crippen LogP contribution in [0.4, 0.5) is 0 Å². The molecule has 3 heterocycles. The van der Waals surface area contributed by atoms with Crippen molar-refractivity contribution in [3.63, 3.8) is 0 Å². The van der Waals surface area contributed by atoms with Gasteiger partial charge in [-0.1, -0.05) is 12.1 Å². The van der Waals surface area contributed by atoms with Crippen molar-refractivity contribution in [3.05, 3.63) is 71.0 Å². The van der Waals surface area contributed by atoms with Crippen LogP contribution in [-0.2, 0) is 29.7 Å². The fraction of sp³-hybridized carbons (Fsp3) is 0.433. The van der Waals surface area contributed by atoms with Gasteiger partial charge >= 0.3 is 0 Å². The number of likely N-dealkylation sites (N-methyl/N-ethyl adjacent to an activating group) is 1. The fourth-order valence-electron chi connectivity index (χ4n) is 5.22. The summed E-state index contributed by atoms with van der Waals surface area (Å²) in [6.45, 7) is 6.90. The molecule has 2 atom stereocenters. The molecule has 0 saturated carbocycles. The highest BCUT2D eigenvalue weighted by Gasteiger charge is 2.32. The lowest BCUT2D eigenvalue weighted by molar-refractivity contribution is -0.125. The maximum Gasteiger partial charge on any atom is 0.254 e. The Kier molecular flexibility index (Phi) is 8.37. The van der Waals surface area contributed by atoms with Gasteiger partial charge in [0.2, 0.25) is 5.91 Å². The quantitative estimate of drug-likeness (QED) is 0.535. The molecule has 1 N–H and O–H groups in total. The van der Waals surface area contributed by atoms with E-state index in [9.17, 15) is 9.59 Å². The molecular formula is C30H37N5O5. The van der Waals surface area contributed by atoms with Gasteiger partial charge in [-0.05, 0) is 50.1 Å². The number of likely N-dealkylation sites (tertiary alicyclic amines) is 1. The van der Waals surface area contributed by atoms with E-state index in [-0.39, 0.29) is 30.5 Å². The molecule has 212 valence electrons. The Morgan fingerprint density at radius 2 is 1.98 bits per heavy atom. The van der Waals surface area contributed by atoms with E-state index in [2.05, 4.69) is 22.2 Å². The zero-order chi connectivity index (χ0) is 28.2. The van der Waals surface area contributed by atoms with Gasteiger partial charge in [-0.2, -0.15) is 5.10 Å². The molecule has 0 spiro atoms. The van der Waals surface area contributed by atoms with Crippen LogP contribution < -0.4 is 14.8 Å². The second-order valence-electron chi connectivity index (χ2n) is 10.5. The average molecular weight is 548 g/mol. The van der Waals surface area contributed by atoms with E-state index < -0.39 is 0 Å². The Hall–Kier alpha value is -3.89. The standard InChI is InChI=1S/C30H37N5O5/c1-5-38-25-12-22-13-26(14-25)40-24-8-6-7-21(11-24)19-39-28-9-10-35(16-23-15-31-34(4)20(23)2)17-27(28)32-29(36)18-33(3)30(22)37/h6-8,11-15,27-28H,5,9-10,16-19H2,1-4H3,(H,32,36)/t27-,28+/m0/s1. The number of hydrogen-bond acceptors (Lipinski definition) is 7. The third kappa shape index (κ3) is 6.46. The number of aromatic nitrogens is 2. The normalized spacial score (nSPS) is 20.4. The van der Waals surface area contributed by atoms with Crippen LogP contribution in [0.2, 0.25) is 0 Å². The number of nitrogens with one attached hydrogen (secondary N) is 1. The molecule has 0 aliphatic carbocycles. The van der Waals surface area contributed by atoms with Crippen LogP contribution in [-0.4, -0.2) is 76.8 Å². The van der Waals surface area contributed by atoms with Crippen molar-refractivity contribution in [2.45, 2.75) is 45.6 Å². The van der Waals surface area contributed by atoms with Gasteiger partial charge in [-0.25, -0.2) is 0 Å². The minimum absolute atomic E-state index is 0.0855. The van der Waals surface area contributed by atoms with Crippen LogP contribution in [0, 0.1) is 6.92 Å². The summed E-state index contributed by atoms with van der Waals surface area (Å²) in [7, 11) is 3.56. The first kappa shape index (κ1) is 27.7. The predicted molar refractivity (Wildman–Crippen MR) is 149 cm³/mol. The molecule has 5 rings (SSSR count). The lowest BCUT2D eigenvalue weighted by Gasteiger charge is -2.39. The summed E-state index contributed by atoms with van der Waals surface area (Å²) < 4.78 is 20.1. The maximum absolute atomic E-state index is 13.3. The summed E-state index contributed by atoms with van der Waals surface area (Å²) in [5.74, 6) is 1.11. The number of amides is 2. The molecule has 2 aliphatic rings. The van der Waals surface area contributed by atoms with Crippen LogP contribution in [0.1, 0.15) is 40.5 Å². The Balaban J connectivity index is 1.41. The first-order valence-electron chi connectivity index (χ1n) is 13.7. The number of aryl methyl sites for hydroxylation is 1. The summed E-state index contributed by atoms with van der Waals surface area (Å²) in [5.41, 5.74) is 3.63. The van der Waals surface area contributed by atoms with Crippen LogP contribution in [0.15, 0.2) is 48.7 Å². The van der Waals surface area contributed by atoms with E-state index in [4.69, 9.17) is 14.2 Å². The smallest absolute Gasteiger partial charge is 0.254 e. The molecule has 4 bridgehead atoms. The number of hydrogen-bond donors (Lipinski definition) is 1. The zero-order valence-corrected chi connectivity index (χ0v) is 23.6. The van der Waals surface area contributed by atoms with E-state index in [1.807, 2.05) is 49.1 Å². The molecule has 1 fully saturated rings. The number of fused-ring (bicyclic) bond motifs is 5. The van der Waals surface area contributed by atoms with Gasteiger partial charge in [0.05, 0.1) is 38.1 Å². The summed E-state index contributed by atoms with van der Waals surface area (Å²) in [5, 5.41) is 7.53. The number of nitrogens with zero attached hydrogens (tertiary/aromatic N) is 4. The summed E-state index contributed by atoms with van der Waals surface area (Å²) in [6, 6.07) is 12.6. The van der Waals surface area contributed by atoms with Gasteiger partial charge < -0.3 is 24.4 Å². The molecule has 1 aromatic heterocycles. The zero-order valence-electron chi connectivity index (χ0n) is 23.6. The molecule has 2 aliphatic heterocycles. The second kappa shape index (κ2) is 12.1. The molecule has 10 heteroatoms. The summed E-state index contributed by atoms with van der Waals surface area (Å²) in [6.07, 6.45) is 2.49. The minimum atomic E-state index is -0.299. The summed E-state index contributed by atoms with van der Waals surface area (Å²) >= 11 is 0. The van der Waals surface area contributed by atoms with Gasteiger partial charge in [0.15, 0.2) is 0 Å². The van der Waals surface area contributed by atoms with Crippen LogP contribution in [0.25, 0.3) is 0 Å². The van der Waals surface area contributed by atoms with E-state index in [0.717, 1.165) is 36.3 Å². The van der Waals surface area contributed by atoms with E-state index in [1.165, 1.54) is 4.90 Å². The lowest BCUT2D eigenvalue weighted by Crippen LogP contribution is -2.57. The molecular weight excluding hydrogens is 510 g/mol. The molecule has 2 aromatic carbocycles. The van der Waals surface area contributed by atoms with E-state index in [0.29, 0.717) is 42.6 Å². The van der Waals surface area contributed by atoms with E-state index >= 15 is 0 Å². The first-order valence-corrected chi connectivity index (χ1v) is 13.7. The molecule has 0 radical (unpaired) electrons. The lowest BCUT2D eigenvalue weighted by atomic mass is 10.0. The minimum Gasteiger partial charge on any atom is -0.494 e. The van der Waals surface area contributed by atoms with Crippen LogP contribution in [0.3, 0.4) is 0 Å². The third-order valence-electron chi connectivity index (χ3n) is 7.47. The van der Waals surface area contributed by atoms with Crippen molar-refractivity contribution in [2.24, 2.45) is 7.05 Å². The highest BCUT2D eigenvalue weighted by atomic mass is 16.5. The van der Waals surface area contributed by atoms with Crippen molar-refractivity contribution in [1.82, 2.24) is 24.9 Å². The van der Waals surface area contributed by atoms with Crippen LogP contribution in [0.5, 0.6) is 17.2 Å². The fourth-order valence-corrected chi connectivity index (χ4v) is 5.22. The molecule has 0 unspecified atom stereocenters. The Morgan fingerprint density at radius 3 is 2.75 bits per heavy atom. The maximum atomic E-state index is 13.3. The SMILES string of the molecule is CCOc1cc2cc(c1)C(=O)N(C)CC(=O)N[C@H]1CN(Cc3cnn(C)c3C)CC[C@H]1OCc1cccc(c1)O2. The second-order valence-corrected chi connectivity index (χ2v) is 10.5. The van der Waals surface area contributed by atoms with Gasteiger partial charge in [0.1, 0.15) is 17.2 Å². The monoisotopic (exact) mass is 547 g/mol. The van der Waals surface area contributed by atoms with Gasteiger partial charge in [-0.3, -0.25) is 19.2 Å². The van der Waals surface area contributed by atoms with E-state index in [1.54, 1.807) is 25.2 Å². The Morgan fingerprint density at radius 1 is 1.12 bits per heavy atom. The predicted octanol–water partition coefficient (Wildman–Crippen LogP) is 3.28. The van der Waals surface area contributed by atoms with Gasteiger partial charge in [-0.15, -0.1) is 0 Å². The Bertz CT molecular complexity index is 1370. The molecule has 3 aromatic rings. The van der Waals surface area contributed by atoms with Gasteiger partial charge in [0, 0.05) is 56.6 Å². The molecule has 1 saturated heterocycles. The Labute approximate surface area is 234 Å².